The van der Waals surface area contributed by atoms with E-state index in [1.54, 1.807) is 6.92 Å². The number of anilines is 2. The topological polar surface area (TPSA) is 156 Å². The van der Waals surface area contributed by atoms with Crippen molar-refractivity contribution in [2.45, 2.75) is 19.8 Å². The van der Waals surface area contributed by atoms with Crippen LogP contribution in [0.5, 0.6) is 11.6 Å². The van der Waals surface area contributed by atoms with Gasteiger partial charge in [-0.15, -0.1) is 11.3 Å². The van der Waals surface area contributed by atoms with E-state index in [0.29, 0.717) is 34.3 Å². The van der Waals surface area contributed by atoms with E-state index >= 15 is 4.39 Å². The standard InChI is InChI=1S/C28H25F2N5O6S2/c1-15-21-24(32-14-33-25(21)42-22(15)23(36)31-11-12-43(2,39)40)41-20-8-7-18(13-19(20)30)35-27(38)28(9-10-28)26(37)34-17-5-3-16(29)4-6-17/h3-8,13-14H,9-12H2,1-2H3,(H,31,36)(H,34,37)(H,35,38). The van der Waals surface area contributed by atoms with Crippen LogP contribution in [0.25, 0.3) is 10.2 Å². The molecule has 11 nitrogen and oxygen atoms in total. The lowest BCUT2D eigenvalue weighted by molar-refractivity contribution is -0.131. The van der Waals surface area contributed by atoms with Crippen molar-refractivity contribution < 1.29 is 36.3 Å². The van der Waals surface area contributed by atoms with Crippen molar-refractivity contribution in [2.24, 2.45) is 5.41 Å². The normalized spacial score (nSPS) is 13.8. The van der Waals surface area contributed by atoms with E-state index in [-0.39, 0.29) is 34.5 Å². The van der Waals surface area contributed by atoms with Crippen molar-refractivity contribution >= 4 is 60.5 Å². The van der Waals surface area contributed by atoms with Gasteiger partial charge in [0.1, 0.15) is 32.2 Å². The average molecular weight is 630 g/mol. The number of carbonyl (C=O) groups excluding carboxylic acids is 3. The molecule has 0 aliphatic heterocycles. The van der Waals surface area contributed by atoms with Gasteiger partial charge in [-0.2, -0.15) is 0 Å². The van der Waals surface area contributed by atoms with E-state index in [0.717, 1.165) is 23.7 Å². The summed E-state index contributed by atoms with van der Waals surface area (Å²) in [5.41, 5.74) is -0.399. The van der Waals surface area contributed by atoms with Gasteiger partial charge < -0.3 is 20.7 Å². The first-order chi connectivity index (χ1) is 20.4. The number of aryl methyl sites for hydroxylation is 1. The van der Waals surface area contributed by atoms with E-state index in [9.17, 15) is 27.2 Å². The molecule has 43 heavy (non-hydrogen) atoms. The average Bonchev–Trinajstić information content (AvgIpc) is 3.69. The fourth-order valence-electron chi connectivity index (χ4n) is 4.25. The van der Waals surface area contributed by atoms with E-state index in [1.807, 2.05) is 0 Å². The molecule has 3 amide bonds. The summed E-state index contributed by atoms with van der Waals surface area (Å²) >= 11 is 1.06. The monoisotopic (exact) mass is 629 g/mol. The van der Waals surface area contributed by atoms with Crippen LogP contribution in [-0.4, -0.2) is 54.7 Å². The van der Waals surface area contributed by atoms with Gasteiger partial charge in [-0.3, -0.25) is 14.4 Å². The van der Waals surface area contributed by atoms with E-state index in [2.05, 4.69) is 25.9 Å². The third-order valence-electron chi connectivity index (χ3n) is 6.77. The summed E-state index contributed by atoms with van der Waals surface area (Å²) in [7, 11) is -3.25. The Hall–Kier alpha value is -4.50. The van der Waals surface area contributed by atoms with Crippen LogP contribution in [0.3, 0.4) is 0 Å². The number of rotatable bonds is 10. The van der Waals surface area contributed by atoms with Gasteiger partial charge in [0, 0.05) is 30.2 Å². The molecule has 5 rings (SSSR count). The van der Waals surface area contributed by atoms with Crippen molar-refractivity contribution in [3.63, 3.8) is 0 Å². The van der Waals surface area contributed by atoms with Gasteiger partial charge in [-0.05, 0) is 61.7 Å². The quantitative estimate of drug-likeness (QED) is 0.220. The van der Waals surface area contributed by atoms with E-state index in [1.165, 1.54) is 42.7 Å². The third-order valence-corrected chi connectivity index (χ3v) is 8.92. The Morgan fingerprint density at radius 3 is 2.28 bits per heavy atom. The maximum Gasteiger partial charge on any atom is 0.261 e. The molecule has 0 bridgehead atoms. The van der Waals surface area contributed by atoms with Crippen molar-refractivity contribution in [1.82, 2.24) is 15.3 Å². The second kappa shape index (κ2) is 11.6. The summed E-state index contributed by atoms with van der Waals surface area (Å²) < 4.78 is 56.7. The van der Waals surface area contributed by atoms with Gasteiger partial charge in [-0.1, -0.05) is 0 Å². The summed E-state index contributed by atoms with van der Waals surface area (Å²) in [4.78, 5) is 47.4. The highest BCUT2D eigenvalue weighted by molar-refractivity contribution is 7.90. The van der Waals surface area contributed by atoms with Crippen LogP contribution >= 0.6 is 11.3 Å². The number of hydrogen-bond donors (Lipinski definition) is 3. The smallest absolute Gasteiger partial charge is 0.261 e. The van der Waals surface area contributed by atoms with Gasteiger partial charge in [0.15, 0.2) is 11.6 Å². The lowest BCUT2D eigenvalue weighted by Crippen LogP contribution is -2.35. The number of nitrogens with zero attached hydrogens (tertiary/aromatic N) is 2. The number of amides is 3. The first-order valence-electron chi connectivity index (χ1n) is 12.9. The fraction of sp³-hybridized carbons (Fsp3) is 0.250. The SMILES string of the molecule is Cc1c(C(=O)NCCS(C)(=O)=O)sc2ncnc(Oc3ccc(NC(=O)C4(C(=O)Nc5ccc(F)cc5)CC4)cc3F)c12. The molecular weight excluding hydrogens is 604 g/mol. The Labute approximate surface area is 248 Å². The second-order valence-corrected chi connectivity index (χ2v) is 13.3. The van der Waals surface area contributed by atoms with Gasteiger partial charge in [0.2, 0.25) is 17.7 Å². The predicted octanol–water partition coefficient (Wildman–Crippen LogP) is 4.20. The minimum Gasteiger partial charge on any atom is -0.435 e. The summed E-state index contributed by atoms with van der Waals surface area (Å²) in [6.45, 7) is 1.59. The number of sulfone groups is 1. The first kappa shape index (κ1) is 30.0. The zero-order chi connectivity index (χ0) is 30.9. The molecule has 1 aliphatic carbocycles. The predicted molar refractivity (Wildman–Crippen MR) is 156 cm³/mol. The number of nitrogens with one attached hydrogen (secondary N) is 3. The Balaban J connectivity index is 1.28. The molecule has 1 saturated carbocycles. The summed E-state index contributed by atoms with van der Waals surface area (Å²) in [5.74, 6) is -3.34. The molecule has 4 aromatic rings. The molecule has 2 aromatic carbocycles. The summed E-state index contributed by atoms with van der Waals surface area (Å²) in [6.07, 6.45) is 2.88. The van der Waals surface area contributed by atoms with Gasteiger partial charge in [-0.25, -0.2) is 27.2 Å². The highest BCUT2D eigenvalue weighted by Gasteiger charge is 2.56. The molecule has 1 fully saturated rings. The number of hydrogen-bond acceptors (Lipinski definition) is 9. The summed E-state index contributed by atoms with van der Waals surface area (Å²) in [5, 5.41) is 8.13. The van der Waals surface area contributed by atoms with Crippen molar-refractivity contribution in [2.75, 3.05) is 29.2 Å². The van der Waals surface area contributed by atoms with Crippen LogP contribution in [0, 0.1) is 24.0 Å². The van der Waals surface area contributed by atoms with E-state index < -0.39 is 44.6 Å². The third kappa shape index (κ3) is 6.62. The van der Waals surface area contributed by atoms with Crippen molar-refractivity contribution in [1.29, 1.82) is 0 Å². The molecular formula is C28H25F2N5O6S2. The minimum atomic E-state index is -3.25. The number of benzene rings is 2. The Bertz CT molecular complexity index is 1860. The molecule has 2 aromatic heterocycles. The summed E-state index contributed by atoms with van der Waals surface area (Å²) in [6, 6.07) is 8.89. The highest BCUT2D eigenvalue weighted by atomic mass is 32.2. The van der Waals surface area contributed by atoms with Crippen LogP contribution in [0.2, 0.25) is 0 Å². The van der Waals surface area contributed by atoms with Gasteiger partial charge >= 0.3 is 0 Å². The minimum absolute atomic E-state index is 0.000908. The van der Waals surface area contributed by atoms with Gasteiger partial charge in [0.25, 0.3) is 5.91 Å². The maximum atomic E-state index is 15.1. The second-order valence-electron chi connectivity index (χ2n) is 10.0. The highest BCUT2D eigenvalue weighted by Crippen LogP contribution is 2.47. The molecule has 15 heteroatoms. The largest absolute Gasteiger partial charge is 0.435 e. The fourth-order valence-corrected chi connectivity index (χ4v) is 5.77. The maximum absolute atomic E-state index is 15.1. The molecule has 224 valence electrons. The number of thiophene rings is 1. The Morgan fingerprint density at radius 1 is 1.00 bits per heavy atom. The van der Waals surface area contributed by atoms with Crippen molar-refractivity contribution in [3.8, 4) is 11.6 Å². The van der Waals surface area contributed by atoms with Crippen LogP contribution in [0.4, 0.5) is 20.2 Å². The molecule has 0 spiro atoms. The van der Waals surface area contributed by atoms with Crippen LogP contribution in [0.1, 0.15) is 28.1 Å². The first-order valence-corrected chi connectivity index (χ1v) is 15.8. The molecule has 2 heterocycles. The Kier molecular flexibility index (Phi) is 8.12. The number of fused-ring (bicyclic) bond motifs is 1. The number of carbonyl (C=O) groups is 3. The Morgan fingerprint density at radius 2 is 1.65 bits per heavy atom. The number of halogens is 2. The van der Waals surface area contributed by atoms with Gasteiger partial charge in [0.05, 0.1) is 16.0 Å². The van der Waals surface area contributed by atoms with Crippen LogP contribution in [-0.2, 0) is 19.4 Å². The van der Waals surface area contributed by atoms with Crippen LogP contribution in [0.15, 0.2) is 48.8 Å². The van der Waals surface area contributed by atoms with Crippen molar-refractivity contribution in [3.05, 3.63) is 70.9 Å². The van der Waals surface area contributed by atoms with E-state index in [4.69, 9.17) is 4.74 Å². The molecule has 0 atom stereocenters. The number of aromatic nitrogens is 2. The number of ether oxygens (including phenoxy) is 1. The lowest BCUT2D eigenvalue weighted by Gasteiger charge is -2.16. The molecule has 0 radical (unpaired) electrons. The molecule has 1 aliphatic rings. The van der Waals surface area contributed by atoms with Crippen LogP contribution < -0.4 is 20.7 Å². The zero-order valence-electron chi connectivity index (χ0n) is 22.9. The molecule has 0 saturated heterocycles. The molecule has 3 N–H and O–H groups in total. The zero-order valence-corrected chi connectivity index (χ0v) is 24.5. The lowest BCUT2D eigenvalue weighted by atomic mass is 10.0. The molecule has 0 unspecified atom stereocenters.